The molecular formula is C16H22Cl2N2O. The molecule has 1 amide bonds. The van der Waals surface area contributed by atoms with Crippen molar-refractivity contribution < 1.29 is 4.79 Å². The lowest BCUT2D eigenvalue weighted by molar-refractivity contribution is -0.142. The summed E-state index contributed by atoms with van der Waals surface area (Å²) in [4.78, 5) is 14.6. The van der Waals surface area contributed by atoms with Crippen LogP contribution in [0.25, 0.3) is 0 Å². The standard InChI is InChI=1S/C16H22Cl2N2O/c1-3-16(8-5-9-19-11-16)15(21)20(2)10-12-6-4-7-13(17)14(12)18/h4,6-7,19H,3,5,8-11H2,1-2H3. The summed E-state index contributed by atoms with van der Waals surface area (Å²) in [6, 6.07) is 5.53. The monoisotopic (exact) mass is 328 g/mol. The van der Waals surface area contributed by atoms with Crippen LogP contribution < -0.4 is 5.32 Å². The molecule has 21 heavy (non-hydrogen) atoms. The number of hydrogen-bond donors (Lipinski definition) is 1. The fourth-order valence-corrected chi connectivity index (χ4v) is 3.39. The van der Waals surface area contributed by atoms with E-state index in [-0.39, 0.29) is 11.3 Å². The topological polar surface area (TPSA) is 32.3 Å². The Labute approximate surface area is 136 Å². The Hall–Kier alpha value is -0.770. The molecule has 1 saturated heterocycles. The second kappa shape index (κ2) is 6.99. The van der Waals surface area contributed by atoms with Gasteiger partial charge in [-0.3, -0.25) is 4.79 Å². The number of carbonyl (C=O) groups excluding carboxylic acids is 1. The minimum Gasteiger partial charge on any atom is -0.341 e. The summed E-state index contributed by atoms with van der Waals surface area (Å²) in [5.41, 5.74) is 0.605. The maximum Gasteiger partial charge on any atom is 0.230 e. The summed E-state index contributed by atoms with van der Waals surface area (Å²) in [5, 5.41) is 4.41. The molecule has 0 spiro atoms. The predicted molar refractivity (Wildman–Crippen MR) is 87.8 cm³/mol. The minimum atomic E-state index is -0.280. The zero-order valence-electron chi connectivity index (χ0n) is 12.6. The minimum absolute atomic E-state index is 0.188. The van der Waals surface area contributed by atoms with E-state index in [1.54, 1.807) is 11.0 Å². The summed E-state index contributed by atoms with van der Waals surface area (Å²) in [6.45, 7) is 4.33. The molecule has 3 nitrogen and oxygen atoms in total. The number of amides is 1. The second-order valence-corrected chi connectivity index (χ2v) is 6.57. The molecule has 1 aromatic rings. The van der Waals surface area contributed by atoms with E-state index in [4.69, 9.17) is 23.2 Å². The highest BCUT2D eigenvalue weighted by Crippen LogP contribution is 2.33. The van der Waals surface area contributed by atoms with Gasteiger partial charge in [-0.15, -0.1) is 0 Å². The molecule has 0 saturated carbocycles. The third kappa shape index (κ3) is 3.53. The normalized spacial score (nSPS) is 22.1. The molecule has 0 radical (unpaired) electrons. The molecule has 1 fully saturated rings. The van der Waals surface area contributed by atoms with Crippen molar-refractivity contribution in [3.8, 4) is 0 Å². The van der Waals surface area contributed by atoms with Crippen molar-refractivity contribution in [2.24, 2.45) is 5.41 Å². The maximum atomic E-state index is 12.9. The summed E-state index contributed by atoms with van der Waals surface area (Å²) in [7, 11) is 1.84. The summed E-state index contributed by atoms with van der Waals surface area (Å²) in [5.74, 6) is 0.188. The Bertz CT molecular complexity index is 513. The SMILES string of the molecule is CCC1(C(=O)N(C)Cc2cccc(Cl)c2Cl)CCCNC1. The van der Waals surface area contributed by atoms with Crippen molar-refractivity contribution in [2.45, 2.75) is 32.7 Å². The van der Waals surface area contributed by atoms with Gasteiger partial charge in [-0.05, 0) is 37.4 Å². The van der Waals surface area contributed by atoms with Crippen LogP contribution in [0.4, 0.5) is 0 Å². The van der Waals surface area contributed by atoms with Crippen LogP contribution in [0.2, 0.25) is 10.0 Å². The molecular weight excluding hydrogens is 307 g/mol. The number of piperidine rings is 1. The van der Waals surface area contributed by atoms with Gasteiger partial charge in [-0.2, -0.15) is 0 Å². The number of hydrogen-bond acceptors (Lipinski definition) is 2. The van der Waals surface area contributed by atoms with E-state index in [0.717, 1.165) is 37.9 Å². The number of halogens is 2. The van der Waals surface area contributed by atoms with Crippen LogP contribution in [0, 0.1) is 5.41 Å². The molecule has 1 aromatic carbocycles. The first kappa shape index (κ1) is 16.6. The number of benzene rings is 1. The molecule has 2 rings (SSSR count). The fraction of sp³-hybridized carbons (Fsp3) is 0.562. The fourth-order valence-electron chi connectivity index (χ4n) is 3.01. The Balaban J connectivity index is 2.13. The van der Waals surface area contributed by atoms with Gasteiger partial charge in [0.05, 0.1) is 15.5 Å². The lowest BCUT2D eigenvalue weighted by Crippen LogP contribution is -2.50. The predicted octanol–water partition coefficient (Wildman–Crippen LogP) is 3.73. The zero-order chi connectivity index (χ0) is 15.5. The van der Waals surface area contributed by atoms with Crippen LogP contribution in [-0.4, -0.2) is 30.9 Å². The van der Waals surface area contributed by atoms with E-state index in [2.05, 4.69) is 12.2 Å². The van der Waals surface area contributed by atoms with Crippen LogP contribution >= 0.6 is 23.2 Å². The summed E-state index contributed by atoms with van der Waals surface area (Å²) >= 11 is 12.2. The van der Waals surface area contributed by atoms with Crippen molar-refractivity contribution in [3.63, 3.8) is 0 Å². The van der Waals surface area contributed by atoms with Gasteiger partial charge in [0.15, 0.2) is 0 Å². The van der Waals surface area contributed by atoms with Crippen molar-refractivity contribution in [2.75, 3.05) is 20.1 Å². The maximum absolute atomic E-state index is 12.9. The Morgan fingerprint density at radius 2 is 2.19 bits per heavy atom. The molecule has 1 heterocycles. The van der Waals surface area contributed by atoms with Gasteiger partial charge >= 0.3 is 0 Å². The second-order valence-electron chi connectivity index (χ2n) is 5.79. The van der Waals surface area contributed by atoms with Gasteiger partial charge in [-0.25, -0.2) is 0 Å². The highest BCUT2D eigenvalue weighted by atomic mass is 35.5. The van der Waals surface area contributed by atoms with E-state index in [1.165, 1.54) is 0 Å². The van der Waals surface area contributed by atoms with E-state index in [1.807, 2.05) is 19.2 Å². The highest BCUT2D eigenvalue weighted by Gasteiger charge is 2.39. The van der Waals surface area contributed by atoms with E-state index >= 15 is 0 Å². The largest absolute Gasteiger partial charge is 0.341 e. The van der Waals surface area contributed by atoms with Crippen molar-refractivity contribution in [3.05, 3.63) is 33.8 Å². The Morgan fingerprint density at radius 1 is 1.43 bits per heavy atom. The van der Waals surface area contributed by atoms with Crippen LogP contribution in [-0.2, 0) is 11.3 Å². The molecule has 0 aliphatic carbocycles. The molecule has 1 atom stereocenters. The third-order valence-corrected chi connectivity index (χ3v) is 5.25. The number of nitrogens with zero attached hydrogens (tertiary/aromatic N) is 1. The Kier molecular flexibility index (Phi) is 5.53. The molecule has 5 heteroatoms. The molecule has 1 aliphatic heterocycles. The first-order valence-corrected chi connectivity index (χ1v) is 8.15. The van der Waals surface area contributed by atoms with E-state index < -0.39 is 0 Å². The molecule has 1 unspecified atom stereocenters. The quantitative estimate of drug-likeness (QED) is 0.913. The van der Waals surface area contributed by atoms with Gasteiger partial charge in [0, 0.05) is 20.1 Å². The average Bonchev–Trinajstić information content (AvgIpc) is 2.51. The van der Waals surface area contributed by atoms with Crippen molar-refractivity contribution in [1.82, 2.24) is 10.2 Å². The van der Waals surface area contributed by atoms with Gasteiger partial charge in [-0.1, -0.05) is 42.3 Å². The number of nitrogens with one attached hydrogen (secondary N) is 1. The zero-order valence-corrected chi connectivity index (χ0v) is 14.1. The third-order valence-electron chi connectivity index (χ3n) is 4.39. The van der Waals surface area contributed by atoms with Crippen LogP contribution in [0.1, 0.15) is 31.7 Å². The average molecular weight is 329 g/mol. The lowest BCUT2D eigenvalue weighted by Gasteiger charge is -2.38. The molecule has 0 bridgehead atoms. The van der Waals surface area contributed by atoms with E-state index in [9.17, 15) is 4.79 Å². The van der Waals surface area contributed by atoms with Gasteiger partial charge in [0.25, 0.3) is 0 Å². The van der Waals surface area contributed by atoms with Crippen LogP contribution in [0.3, 0.4) is 0 Å². The van der Waals surface area contributed by atoms with Crippen LogP contribution in [0.5, 0.6) is 0 Å². The molecule has 116 valence electrons. The van der Waals surface area contributed by atoms with Gasteiger partial charge < -0.3 is 10.2 Å². The van der Waals surface area contributed by atoms with Crippen LogP contribution in [0.15, 0.2) is 18.2 Å². The number of rotatable bonds is 4. The van der Waals surface area contributed by atoms with Crippen molar-refractivity contribution >= 4 is 29.1 Å². The Morgan fingerprint density at radius 3 is 2.81 bits per heavy atom. The highest BCUT2D eigenvalue weighted by molar-refractivity contribution is 6.42. The lowest BCUT2D eigenvalue weighted by atomic mass is 9.77. The molecule has 1 aliphatic rings. The smallest absolute Gasteiger partial charge is 0.230 e. The number of carbonyl (C=O) groups is 1. The summed E-state index contributed by atoms with van der Waals surface area (Å²) < 4.78 is 0. The molecule has 0 aromatic heterocycles. The van der Waals surface area contributed by atoms with Gasteiger partial charge in [0.2, 0.25) is 5.91 Å². The first-order valence-electron chi connectivity index (χ1n) is 7.39. The molecule has 1 N–H and O–H groups in total. The first-order chi connectivity index (χ1) is 10.00. The van der Waals surface area contributed by atoms with E-state index in [0.29, 0.717) is 16.6 Å². The summed E-state index contributed by atoms with van der Waals surface area (Å²) in [6.07, 6.45) is 2.85. The van der Waals surface area contributed by atoms with Gasteiger partial charge in [0.1, 0.15) is 0 Å². The van der Waals surface area contributed by atoms with Crippen molar-refractivity contribution in [1.29, 1.82) is 0 Å².